The summed E-state index contributed by atoms with van der Waals surface area (Å²) in [7, 11) is 0.198. The Morgan fingerprint density at radius 2 is 1.85 bits per heavy atom. The van der Waals surface area contributed by atoms with E-state index in [0.29, 0.717) is 5.69 Å². The van der Waals surface area contributed by atoms with Crippen LogP contribution in [0.3, 0.4) is 0 Å². The molecule has 0 bridgehead atoms. The SMILES string of the molecule is C=CCN(C)CCCOC1CCC(N(C)S(=O)(=O)Nc2ccccc2)CC1. The van der Waals surface area contributed by atoms with Crippen molar-refractivity contribution in [3.8, 4) is 0 Å². The first-order valence-electron chi connectivity index (χ1n) is 9.64. The van der Waals surface area contributed by atoms with Crippen LogP contribution in [-0.4, -0.2) is 63.6 Å². The number of likely N-dealkylation sites (N-methyl/N-ethyl adjacent to an activating group) is 1. The Morgan fingerprint density at radius 1 is 1.19 bits per heavy atom. The molecular weight excluding hydrogens is 362 g/mol. The fourth-order valence-electron chi connectivity index (χ4n) is 3.40. The lowest BCUT2D eigenvalue weighted by Crippen LogP contribution is -2.43. The number of para-hydroxylation sites is 1. The Hall–Kier alpha value is -1.41. The predicted molar refractivity (Wildman–Crippen MR) is 111 cm³/mol. The molecule has 0 radical (unpaired) electrons. The van der Waals surface area contributed by atoms with Crippen LogP contribution in [0.15, 0.2) is 43.0 Å². The number of rotatable bonds is 11. The Bertz CT molecular complexity index is 658. The number of nitrogens with zero attached hydrogens (tertiary/aromatic N) is 2. The van der Waals surface area contributed by atoms with Gasteiger partial charge in [0, 0.05) is 38.5 Å². The van der Waals surface area contributed by atoms with Crippen LogP contribution in [0.25, 0.3) is 0 Å². The summed E-state index contributed by atoms with van der Waals surface area (Å²) in [6.45, 7) is 6.38. The number of ether oxygens (including phenoxy) is 1. The van der Waals surface area contributed by atoms with Gasteiger partial charge in [0.05, 0.1) is 6.10 Å². The van der Waals surface area contributed by atoms with E-state index in [1.807, 2.05) is 24.3 Å². The molecule has 6 nitrogen and oxygen atoms in total. The molecule has 152 valence electrons. The molecule has 1 aromatic carbocycles. The van der Waals surface area contributed by atoms with Crippen molar-refractivity contribution < 1.29 is 13.2 Å². The van der Waals surface area contributed by atoms with E-state index in [1.165, 1.54) is 4.31 Å². The molecule has 1 saturated carbocycles. The van der Waals surface area contributed by atoms with Crippen LogP contribution in [0.5, 0.6) is 0 Å². The molecule has 0 spiro atoms. The Kier molecular flexibility index (Phi) is 8.76. The standard InChI is InChI=1S/C20H33N3O3S/c1-4-15-22(2)16-8-17-26-20-13-11-19(12-14-20)23(3)27(24,25)21-18-9-6-5-7-10-18/h4-7,9-10,19-21H,1,8,11-17H2,2-3H3. The summed E-state index contributed by atoms with van der Waals surface area (Å²) in [6, 6.07) is 9.01. The van der Waals surface area contributed by atoms with Crippen molar-refractivity contribution in [3.05, 3.63) is 43.0 Å². The van der Waals surface area contributed by atoms with Gasteiger partial charge in [-0.25, -0.2) is 0 Å². The zero-order chi connectivity index (χ0) is 19.7. The molecule has 1 fully saturated rings. The highest BCUT2D eigenvalue weighted by Crippen LogP contribution is 2.26. The molecule has 0 aromatic heterocycles. The van der Waals surface area contributed by atoms with Crippen LogP contribution < -0.4 is 4.72 Å². The van der Waals surface area contributed by atoms with Gasteiger partial charge < -0.3 is 9.64 Å². The topological polar surface area (TPSA) is 61.9 Å². The van der Waals surface area contributed by atoms with Gasteiger partial charge in [-0.3, -0.25) is 4.72 Å². The highest BCUT2D eigenvalue weighted by molar-refractivity contribution is 7.90. The third-order valence-corrected chi connectivity index (χ3v) is 6.59. The summed E-state index contributed by atoms with van der Waals surface area (Å²) in [4.78, 5) is 2.22. The summed E-state index contributed by atoms with van der Waals surface area (Å²) in [5, 5.41) is 0. The summed E-state index contributed by atoms with van der Waals surface area (Å²) in [6.07, 6.45) is 6.60. The first-order chi connectivity index (χ1) is 12.9. The third kappa shape index (κ3) is 7.25. The van der Waals surface area contributed by atoms with E-state index in [1.54, 1.807) is 19.2 Å². The molecule has 0 aliphatic heterocycles. The molecule has 1 aliphatic carbocycles. The lowest BCUT2D eigenvalue weighted by atomic mass is 9.93. The van der Waals surface area contributed by atoms with Crippen molar-refractivity contribution in [2.24, 2.45) is 0 Å². The van der Waals surface area contributed by atoms with Crippen molar-refractivity contribution in [3.63, 3.8) is 0 Å². The number of benzene rings is 1. The van der Waals surface area contributed by atoms with Gasteiger partial charge in [-0.05, 0) is 51.3 Å². The summed E-state index contributed by atoms with van der Waals surface area (Å²) >= 11 is 0. The van der Waals surface area contributed by atoms with Crippen molar-refractivity contribution >= 4 is 15.9 Å². The van der Waals surface area contributed by atoms with E-state index in [4.69, 9.17) is 4.74 Å². The smallest absolute Gasteiger partial charge is 0.301 e. The minimum Gasteiger partial charge on any atom is -0.378 e. The molecule has 0 heterocycles. The van der Waals surface area contributed by atoms with Crippen LogP contribution >= 0.6 is 0 Å². The Labute approximate surface area is 164 Å². The molecule has 1 aliphatic rings. The molecule has 0 atom stereocenters. The van der Waals surface area contributed by atoms with Gasteiger partial charge in [-0.15, -0.1) is 6.58 Å². The fourth-order valence-corrected chi connectivity index (χ4v) is 4.58. The first kappa shape index (κ1) is 21.9. The van der Waals surface area contributed by atoms with E-state index in [2.05, 4.69) is 23.2 Å². The van der Waals surface area contributed by atoms with Crippen LogP contribution in [0.4, 0.5) is 5.69 Å². The van der Waals surface area contributed by atoms with Gasteiger partial charge in [0.1, 0.15) is 0 Å². The second kappa shape index (κ2) is 10.8. The monoisotopic (exact) mass is 395 g/mol. The Morgan fingerprint density at radius 3 is 2.48 bits per heavy atom. The summed E-state index contributed by atoms with van der Waals surface area (Å²) in [5.41, 5.74) is 0.586. The number of anilines is 1. The summed E-state index contributed by atoms with van der Waals surface area (Å²) < 4.78 is 35.3. The molecule has 27 heavy (non-hydrogen) atoms. The van der Waals surface area contributed by atoms with E-state index in [9.17, 15) is 8.42 Å². The average molecular weight is 396 g/mol. The lowest BCUT2D eigenvalue weighted by molar-refractivity contribution is 0.0143. The van der Waals surface area contributed by atoms with Crippen LogP contribution in [-0.2, 0) is 14.9 Å². The zero-order valence-electron chi connectivity index (χ0n) is 16.5. The minimum atomic E-state index is -3.54. The molecule has 2 rings (SSSR count). The maximum absolute atomic E-state index is 12.6. The van der Waals surface area contributed by atoms with Crippen LogP contribution in [0.1, 0.15) is 32.1 Å². The van der Waals surface area contributed by atoms with Gasteiger partial charge in [0.25, 0.3) is 0 Å². The fraction of sp³-hybridized carbons (Fsp3) is 0.600. The van der Waals surface area contributed by atoms with Gasteiger partial charge in [0.15, 0.2) is 0 Å². The van der Waals surface area contributed by atoms with E-state index >= 15 is 0 Å². The molecular formula is C20H33N3O3S. The molecule has 0 saturated heterocycles. The maximum Gasteiger partial charge on any atom is 0.301 e. The minimum absolute atomic E-state index is 0.0183. The lowest BCUT2D eigenvalue weighted by Gasteiger charge is -2.34. The van der Waals surface area contributed by atoms with E-state index < -0.39 is 10.2 Å². The van der Waals surface area contributed by atoms with Crippen molar-refractivity contribution in [1.29, 1.82) is 0 Å². The van der Waals surface area contributed by atoms with Crippen molar-refractivity contribution in [2.45, 2.75) is 44.2 Å². The van der Waals surface area contributed by atoms with Crippen molar-refractivity contribution in [1.82, 2.24) is 9.21 Å². The Balaban J connectivity index is 1.72. The van der Waals surface area contributed by atoms with Gasteiger partial charge in [-0.2, -0.15) is 12.7 Å². The number of nitrogens with one attached hydrogen (secondary N) is 1. The molecule has 0 amide bonds. The first-order valence-corrected chi connectivity index (χ1v) is 11.1. The number of hydrogen-bond donors (Lipinski definition) is 1. The average Bonchev–Trinajstić information content (AvgIpc) is 2.66. The normalized spacial score (nSPS) is 20.7. The molecule has 1 N–H and O–H groups in total. The highest BCUT2D eigenvalue weighted by atomic mass is 32.2. The zero-order valence-corrected chi connectivity index (χ0v) is 17.3. The van der Waals surface area contributed by atoms with Crippen LogP contribution in [0, 0.1) is 0 Å². The highest BCUT2D eigenvalue weighted by Gasteiger charge is 2.30. The van der Waals surface area contributed by atoms with E-state index in [0.717, 1.165) is 51.8 Å². The van der Waals surface area contributed by atoms with Crippen LogP contribution in [0.2, 0.25) is 0 Å². The van der Waals surface area contributed by atoms with Gasteiger partial charge in [-0.1, -0.05) is 24.3 Å². The predicted octanol–water partition coefficient (Wildman–Crippen LogP) is 3.11. The third-order valence-electron chi connectivity index (χ3n) is 5.04. The molecule has 0 unspecified atom stereocenters. The quantitative estimate of drug-likeness (QED) is 0.462. The van der Waals surface area contributed by atoms with Gasteiger partial charge in [0.2, 0.25) is 0 Å². The van der Waals surface area contributed by atoms with Crippen molar-refractivity contribution in [2.75, 3.05) is 38.5 Å². The largest absolute Gasteiger partial charge is 0.378 e. The van der Waals surface area contributed by atoms with Gasteiger partial charge >= 0.3 is 10.2 Å². The van der Waals surface area contributed by atoms with E-state index in [-0.39, 0.29) is 12.1 Å². The molecule has 7 heteroatoms. The molecule has 1 aromatic rings. The number of hydrogen-bond acceptors (Lipinski definition) is 4. The second-order valence-electron chi connectivity index (χ2n) is 7.20. The maximum atomic E-state index is 12.6. The second-order valence-corrected chi connectivity index (χ2v) is 8.93. The summed E-state index contributed by atoms with van der Waals surface area (Å²) in [5.74, 6) is 0.